The maximum atomic E-state index is 13.6. The lowest BCUT2D eigenvalue weighted by molar-refractivity contribution is -0.141. The summed E-state index contributed by atoms with van der Waals surface area (Å²) in [5.41, 5.74) is -2.15. The second-order valence-electron chi connectivity index (χ2n) is 4.39. The van der Waals surface area contributed by atoms with E-state index in [4.69, 9.17) is 0 Å². The number of aromatic nitrogens is 2. The number of hydrogen-bond donors (Lipinski definition) is 1. The molecule has 1 heterocycles. The van der Waals surface area contributed by atoms with Crippen molar-refractivity contribution in [3.05, 3.63) is 17.0 Å². The minimum absolute atomic E-state index is 0.324. The molecule has 0 bridgehead atoms. The van der Waals surface area contributed by atoms with Crippen LogP contribution in [0.1, 0.15) is 29.8 Å². The molecule has 0 amide bonds. The Morgan fingerprint density at radius 3 is 2.50 bits per heavy atom. The zero-order valence-electron chi connectivity index (χ0n) is 8.07. The first-order chi connectivity index (χ1) is 7.26. The van der Waals surface area contributed by atoms with Crippen LogP contribution >= 0.6 is 0 Å². The number of H-pyrrole nitrogens is 1. The van der Waals surface area contributed by atoms with Gasteiger partial charge in [-0.1, -0.05) is 6.92 Å². The molecule has 0 spiro atoms. The molecule has 1 aromatic rings. The fourth-order valence-corrected chi connectivity index (χ4v) is 2.77. The lowest BCUT2D eigenvalue weighted by Crippen LogP contribution is -2.16. The maximum Gasteiger partial charge on any atom is 0.435 e. The minimum atomic E-state index is -4.67. The van der Waals surface area contributed by atoms with E-state index in [1.54, 1.807) is 6.92 Å². The SMILES string of the molecule is CC1[C@@H]2[C@H]1c1c(C(F)(F)F)n[nH]c1C2(F)F. The molecule has 2 aliphatic carbocycles. The second kappa shape index (κ2) is 2.41. The van der Waals surface area contributed by atoms with Gasteiger partial charge in [0.2, 0.25) is 0 Å². The van der Waals surface area contributed by atoms with Crippen molar-refractivity contribution in [3.8, 4) is 0 Å². The van der Waals surface area contributed by atoms with Crippen molar-refractivity contribution in [2.45, 2.75) is 24.9 Å². The molecule has 1 saturated carbocycles. The Morgan fingerprint density at radius 2 is 1.94 bits per heavy atom. The first kappa shape index (κ1) is 10.0. The van der Waals surface area contributed by atoms with Crippen LogP contribution in [-0.2, 0) is 12.1 Å². The normalized spacial score (nSPS) is 34.8. The van der Waals surface area contributed by atoms with Crippen molar-refractivity contribution in [2.75, 3.05) is 0 Å². The van der Waals surface area contributed by atoms with E-state index < -0.39 is 41.2 Å². The van der Waals surface area contributed by atoms with Crippen molar-refractivity contribution >= 4 is 0 Å². The lowest BCUT2D eigenvalue weighted by Gasteiger charge is -2.11. The summed E-state index contributed by atoms with van der Waals surface area (Å²) in [5.74, 6) is -5.28. The van der Waals surface area contributed by atoms with Crippen LogP contribution in [0.4, 0.5) is 22.0 Å². The van der Waals surface area contributed by atoms with Gasteiger partial charge in [0.15, 0.2) is 5.69 Å². The van der Waals surface area contributed by atoms with Crippen LogP contribution in [0.5, 0.6) is 0 Å². The largest absolute Gasteiger partial charge is 0.435 e. The molecule has 2 nitrogen and oxygen atoms in total. The van der Waals surface area contributed by atoms with Crippen molar-refractivity contribution in [3.63, 3.8) is 0 Å². The average molecular weight is 238 g/mol. The summed E-state index contributed by atoms with van der Waals surface area (Å²) in [5, 5.41) is 4.83. The highest BCUT2D eigenvalue weighted by Gasteiger charge is 2.71. The van der Waals surface area contributed by atoms with E-state index in [9.17, 15) is 22.0 Å². The number of hydrogen-bond acceptors (Lipinski definition) is 1. The molecule has 0 aliphatic heterocycles. The Balaban J connectivity index is 2.18. The monoisotopic (exact) mass is 238 g/mol. The second-order valence-corrected chi connectivity index (χ2v) is 4.39. The first-order valence-corrected chi connectivity index (χ1v) is 4.80. The number of rotatable bonds is 0. The van der Waals surface area contributed by atoms with E-state index >= 15 is 0 Å². The van der Waals surface area contributed by atoms with Gasteiger partial charge in [0.1, 0.15) is 5.69 Å². The van der Waals surface area contributed by atoms with Gasteiger partial charge >= 0.3 is 6.18 Å². The quantitative estimate of drug-likeness (QED) is 0.692. The van der Waals surface area contributed by atoms with Crippen molar-refractivity contribution in [1.29, 1.82) is 0 Å². The van der Waals surface area contributed by atoms with Gasteiger partial charge in [0, 0.05) is 17.4 Å². The van der Waals surface area contributed by atoms with E-state index in [0.717, 1.165) is 0 Å². The fraction of sp³-hybridized carbons (Fsp3) is 0.667. The predicted octanol–water partition coefficient (Wildman–Crippen LogP) is 2.88. The van der Waals surface area contributed by atoms with Gasteiger partial charge in [-0.3, -0.25) is 5.10 Å². The van der Waals surface area contributed by atoms with Crippen LogP contribution in [0.25, 0.3) is 0 Å². The predicted molar refractivity (Wildman–Crippen MR) is 42.9 cm³/mol. The number of fused-ring (bicyclic) bond motifs is 3. The highest BCUT2D eigenvalue weighted by Crippen LogP contribution is 2.71. The third kappa shape index (κ3) is 0.940. The van der Waals surface area contributed by atoms with Crippen LogP contribution < -0.4 is 0 Å². The molecule has 0 aromatic carbocycles. The summed E-state index contributed by atoms with van der Waals surface area (Å²) in [6, 6.07) is 0. The Hall–Kier alpha value is -1.14. The molecule has 3 atom stereocenters. The van der Waals surface area contributed by atoms with Crippen LogP contribution in [0.3, 0.4) is 0 Å². The Kier molecular flexibility index (Phi) is 1.51. The summed E-state index contributed by atoms with van der Waals surface area (Å²) >= 11 is 0. The van der Waals surface area contributed by atoms with Gasteiger partial charge < -0.3 is 0 Å². The summed E-state index contributed by atoms with van der Waals surface area (Å²) in [6.07, 6.45) is -4.67. The molecule has 88 valence electrons. The molecule has 0 radical (unpaired) electrons. The Labute approximate surface area is 86.8 Å². The van der Waals surface area contributed by atoms with Gasteiger partial charge in [0.05, 0.1) is 0 Å². The summed E-state index contributed by atoms with van der Waals surface area (Å²) < 4.78 is 64.7. The van der Waals surface area contributed by atoms with E-state index in [2.05, 4.69) is 5.10 Å². The molecular formula is C9H7F5N2. The van der Waals surface area contributed by atoms with Gasteiger partial charge in [-0.05, 0) is 5.92 Å². The Bertz CT molecular complexity index is 461. The van der Waals surface area contributed by atoms with Gasteiger partial charge in [-0.25, -0.2) is 0 Å². The molecule has 1 fully saturated rings. The van der Waals surface area contributed by atoms with E-state index in [1.807, 2.05) is 5.10 Å². The minimum Gasteiger partial charge on any atom is -0.276 e. The molecule has 16 heavy (non-hydrogen) atoms. The molecule has 1 unspecified atom stereocenters. The third-order valence-corrected chi connectivity index (χ3v) is 3.54. The van der Waals surface area contributed by atoms with Crippen LogP contribution in [-0.4, -0.2) is 10.2 Å². The van der Waals surface area contributed by atoms with E-state index in [-0.39, 0.29) is 5.56 Å². The van der Waals surface area contributed by atoms with Crippen LogP contribution in [0.2, 0.25) is 0 Å². The van der Waals surface area contributed by atoms with Crippen molar-refractivity contribution in [2.24, 2.45) is 11.8 Å². The third-order valence-electron chi connectivity index (χ3n) is 3.54. The van der Waals surface area contributed by atoms with E-state index in [0.29, 0.717) is 0 Å². The number of nitrogens with one attached hydrogen (secondary N) is 1. The number of alkyl halides is 5. The van der Waals surface area contributed by atoms with Gasteiger partial charge in [-0.2, -0.15) is 27.1 Å². The topological polar surface area (TPSA) is 28.7 Å². The van der Waals surface area contributed by atoms with Crippen LogP contribution in [0, 0.1) is 11.8 Å². The van der Waals surface area contributed by atoms with Crippen LogP contribution in [0.15, 0.2) is 0 Å². The Morgan fingerprint density at radius 1 is 1.31 bits per heavy atom. The van der Waals surface area contributed by atoms with Crippen molar-refractivity contribution < 1.29 is 22.0 Å². The fourth-order valence-electron chi connectivity index (χ4n) is 2.77. The standard InChI is InChI=1S/C9H7F5N2/c1-2-3-4-6(8(10,11)5(2)3)15-16-7(4)9(12,13)14/h2-3,5H,1H3,(H,15,16)/t2?,3-,5-/m1/s1. The zero-order valence-corrected chi connectivity index (χ0v) is 8.07. The molecule has 7 heteroatoms. The maximum absolute atomic E-state index is 13.6. The lowest BCUT2D eigenvalue weighted by atomic mass is 10.1. The molecular weight excluding hydrogens is 231 g/mol. The number of aromatic amines is 1. The first-order valence-electron chi connectivity index (χ1n) is 4.80. The zero-order chi connectivity index (χ0) is 11.9. The van der Waals surface area contributed by atoms with Gasteiger partial charge in [0.25, 0.3) is 5.92 Å². The van der Waals surface area contributed by atoms with Gasteiger partial charge in [-0.15, -0.1) is 0 Å². The average Bonchev–Trinajstić information content (AvgIpc) is 2.57. The highest BCUT2D eigenvalue weighted by molar-refractivity contribution is 5.47. The molecule has 0 saturated heterocycles. The smallest absolute Gasteiger partial charge is 0.276 e. The van der Waals surface area contributed by atoms with Crippen molar-refractivity contribution in [1.82, 2.24) is 10.2 Å². The number of nitrogens with zero attached hydrogens (tertiary/aromatic N) is 1. The molecule has 1 N–H and O–H groups in total. The van der Waals surface area contributed by atoms with E-state index in [1.165, 1.54) is 0 Å². The molecule has 1 aromatic heterocycles. The summed E-state index contributed by atoms with van der Waals surface area (Å²) in [6.45, 7) is 1.54. The number of halogens is 5. The summed E-state index contributed by atoms with van der Waals surface area (Å²) in [4.78, 5) is 0. The molecule has 2 aliphatic rings. The highest BCUT2D eigenvalue weighted by atomic mass is 19.4. The molecule has 3 rings (SSSR count). The summed E-state index contributed by atoms with van der Waals surface area (Å²) in [7, 11) is 0.